The fraction of sp³-hybridized carbons (Fsp3) is 0.564. The van der Waals surface area contributed by atoms with Gasteiger partial charge >= 0.3 is 11.9 Å². The minimum absolute atomic E-state index is 0.0353. The molecule has 0 rings (SSSR count). The summed E-state index contributed by atoms with van der Waals surface area (Å²) in [5.41, 5.74) is 0. The van der Waals surface area contributed by atoms with Gasteiger partial charge in [0, 0.05) is 19.4 Å². The van der Waals surface area contributed by atoms with E-state index in [1.54, 1.807) is 0 Å². The van der Waals surface area contributed by atoms with Crippen molar-refractivity contribution in [1.29, 1.82) is 0 Å². The first kappa shape index (κ1) is 56.0. The smallest absolute Gasteiger partial charge is 0.306 e. The Kier molecular flexibility index (Phi) is 46.1. The Morgan fingerprint density at radius 1 is 0.383 bits per heavy atom. The van der Waals surface area contributed by atoms with Crippen LogP contribution in [0.2, 0.25) is 0 Å². The third-order valence-electron chi connectivity index (χ3n) is 9.18. The molecule has 0 saturated heterocycles. The van der Waals surface area contributed by atoms with Crippen molar-refractivity contribution in [3.8, 4) is 0 Å². The quantitative estimate of drug-likeness (QED) is 0.0349. The second kappa shape index (κ2) is 49.4. The van der Waals surface area contributed by atoms with Crippen LogP contribution < -0.4 is 0 Å². The maximum atomic E-state index is 12.6. The van der Waals surface area contributed by atoms with Crippen molar-refractivity contribution in [3.05, 3.63) is 134 Å². The minimum Gasteiger partial charge on any atom is -0.462 e. The highest BCUT2D eigenvalue weighted by atomic mass is 16.6. The normalized spacial score (nSPS) is 13.4. The average molecular weight is 827 g/mol. The van der Waals surface area contributed by atoms with Gasteiger partial charge in [-0.05, 0) is 109 Å². The van der Waals surface area contributed by atoms with E-state index in [2.05, 4.69) is 154 Å². The molecule has 0 aliphatic heterocycles. The van der Waals surface area contributed by atoms with Crippen LogP contribution in [0.1, 0.15) is 175 Å². The van der Waals surface area contributed by atoms with Gasteiger partial charge in [-0.25, -0.2) is 0 Å². The van der Waals surface area contributed by atoms with E-state index in [-0.39, 0.29) is 25.2 Å². The topological polar surface area (TPSA) is 61.8 Å². The first-order valence-electron chi connectivity index (χ1n) is 23.7. The molecule has 5 heteroatoms. The maximum Gasteiger partial charge on any atom is 0.306 e. The Bertz CT molecular complexity index is 1300. The molecule has 0 saturated carbocycles. The lowest BCUT2D eigenvalue weighted by molar-refractivity contribution is -0.163. The minimum atomic E-state index is -0.585. The van der Waals surface area contributed by atoms with Gasteiger partial charge in [-0.1, -0.05) is 187 Å². The second-order valence-corrected chi connectivity index (χ2v) is 14.9. The number of allylic oxidation sites excluding steroid dienone is 22. The molecule has 0 spiro atoms. The molecule has 0 aromatic carbocycles. The summed E-state index contributed by atoms with van der Waals surface area (Å²) in [5, 5.41) is 0. The molecule has 0 heterocycles. The van der Waals surface area contributed by atoms with E-state index in [1.807, 2.05) is 0 Å². The molecule has 1 unspecified atom stereocenters. The highest BCUT2D eigenvalue weighted by molar-refractivity contribution is 5.70. The van der Waals surface area contributed by atoms with E-state index >= 15 is 0 Å². The number of carbonyl (C=O) groups is 2. The van der Waals surface area contributed by atoms with Crippen LogP contribution in [0.5, 0.6) is 0 Å². The number of carbonyl (C=O) groups excluding carboxylic acids is 2. The van der Waals surface area contributed by atoms with Crippen LogP contribution in [-0.4, -0.2) is 37.9 Å². The summed E-state index contributed by atoms with van der Waals surface area (Å²) >= 11 is 0. The number of esters is 2. The predicted molar refractivity (Wildman–Crippen MR) is 260 cm³/mol. The standard InChI is InChI=1S/C55H86O5/c1-4-7-10-13-15-17-19-21-23-25-27-29-31-33-35-37-39-41-44-47-50-58-51-53(60-55(57)49-46-42-12-9-6-3)52-59-54(56)48-45-43-40-38-36-34-32-30-28-26-24-22-20-18-16-14-11-8-5-2/h7-8,10-11,15-18,21-24,27-30,33-36,39,41,53H,4-6,9,12-14,19-20,25-26,31-32,37-38,40,42-52H2,1-3H3/b10-7-,11-8-,17-15-,18-16-,23-21-,24-22-,29-27-,30-28-,35-33-,36-34-,41-39-. The fourth-order valence-corrected chi connectivity index (χ4v) is 5.73. The van der Waals surface area contributed by atoms with Crippen LogP contribution in [0, 0.1) is 0 Å². The van der Waals surface area contributed by atoms with Gasteiger partial charge in [-0.15, -0.1) is 0 Å². The van der Waals surface area contributed by atoms with Gasteiger partial charge in [0.1, 0.15) is 6.61 Å². The van der Waals surface area contributed by atoms with E-state index in [1.165, 1.54) is 12.8 Å². The Morgan fingerprint density at radius 2 is 0.750 bits per heavy atom. The monoisotopic (exact) mass is 827 g/mol. The van der Waals surface area contributed by atoms with Crippen LogP contribution in [-0.2, 0) is 23.8 Å². The molecule has 5 nitrogen and oxygen atoms in total. The van der Waals surface area contributed by atoms with Gasteiger partial charge in [0.05, 0.1) is 6.61 Å². The fourth-order valence-electron chi connectivity index (χ4n) is 5.73. The number of ether oxygens (including phenoxy) is 3. The zero-order valence-corrected chi connectivity index (χ0v) is 38.4. The molecular formula is C55H86O5. The molecule has 0 aromatic rings. The first-order valence-corrected chi connectivity index (χ1v) is 23.7. The summed E-state index contributed by atoms with van der Waals surface area (Å²) in [6.07, 6.45) is 70.7. The molecule has 0 fully saturated rings. The van der Waals surface area contributed by atoms with Crippen molar-refractivity contribution in [2.45, 2.75) is 181 Å². The van der Waals surface area contributed by atoms with Gasteiger partial charge in [-0.3, -0.25) is 9.59 Å². The van der Waals surface area contributed by atoms with E-state index in [0.717, 1.165) is 128 Å². The highest BCUT2D eigenvalue weighted by Gasteiger charge is 2.17. The lowest BCUT2D eigenvalue weighted by Crippen LogP contribution is -2.30. The van der Waals surface area contributed by atoms with Gasteiger partial charge in [0.15, 0.2) is 6.10 Å². The summed E-state index contributed by atoms with van der Waals surface area (Å²) in [7, 11) is 0. The van der Waals surface area contributed by atoms with Gasteiger partial charge in [-0.2, -0.15) is 0 Å². The SMILES string of the molecule is CC/C=C\C/C=C\C/C=C\C/C=C\C/C=C\C/C=C\CCCOCC(COC(=O)CCCCC/C=C\C/C=C\C/C=C\C/C=C\C/C=C\CC)OC(=O)CCCCCCC. The van der Waals surface area contributed by atoms with Crippen molar-refractivity contribution >= 4 is 11.9 Å². The molecular weight excluding hydrogens is 741 g/mol. The molecule has 336 valence electrons. The molecule has 1 atom stereocenters. The second-order valence-electron chi connectivity index (χ2n) is 14.9. The van der Waals surface area contributed by atoms with E-state index in [0.29, 0.717) is 19.4 Å². The van der Waals surface area contributed by atoms with Crippen molar-refractivity contribution in [2.24, 2.45) is 0 Å². The molecule has 0 aliphatic rings. The number of unbranched alkanes of at least 4 members (excludes halogenated alkanes) is 8. The van der Waals surface area contributed by atoms with E-state index in [4.69, 9.17) is 14.2 Å². The predicted octanol–water partition coefficient (Wildman–Crippen LogP) is 16.0. The summed E-state index contributed by atoms with van der Waals surface area (Å²) < 4.78 is 17.1. The highest BCUT2D eigenvalue weighted by Crippen LogP contribution is 2.10. The summed E-state index contributed by atoms with van der Waals surface area (Å²) in [5.74, 6) is -0.493. The van der Waals surface area contributed by atoms with E-state index in [9.17, 15) is 9.59 Å². The summed E-state index contributed by atoms with van der Waals surface area (Å²) in [6.45, 7) is 7.31. The van der Waals surface area contributed by atoms with E-state index < -0.39 is 6.10 Å². The Balaban J connectivity index is 4.25. The van der Waals surface area contributed by atoms with Crippen molar-refractivity contribution < 1.29 is 23.8 Å². The van der Waals surface area contributed by atoms with Crippen LogP contribution in [0.4, 0.5) is 0 Å². The number of hydrogen-bond donors (Lipinski definition) is 0. The number of rotatable bonds is 41. The molecule has 0 aliphatic carbocycles. The summed E-state index contributed by atoms with van der Waals surface area (Å²) in [6, 6.07) is 0. The van der Waals surface area contributed by atoms with Crippen LogP contribution in [0.3, 0.4) is 0 Å². The Labute approximate surface area is 369 Å². The molecule has 0 amide bonds. The molecule has 0 bridgehead atoms. The Morgan fingerprint density at radius 3 is 1.18 bits per heavy atom. The van der Waals surface area contributed by atoms with Crippen molar-refractivity contribution in [1.82, 2.24) is 0 Å². The van der Waals surface area contributed by atoms with Gasteiger partial charge in [0.2, 0.25) is 0 Å². The zero-order chi connectivity index (χ0) is 43.5. The zero-order valence-electron chi connectivity index (χ0n) is 38.4. The third kappa shape index (κ3) is 46.7. The van der Waals surface area contributed by atoms with Crippen LogP contribution in [0.15, 0.2) is 134 Å². The molecule has 0 radical (unpaired) electrons. The molecule has 60 heavy (non-hydrogen) atoms. The van der Waals surface area contributed by atoms with Gasteiger partial charge < -0.3 is 14.2 Å². The lowest BCUT2D eigenvalue weighted by Gasteiger charge is -2.18. The lowest BCUT2D eigenvalue weighted by atomic mass is 10.1. The van der Waals surface area contributed by atoms with Crippen molar-refractivity contribution in [2.75, 3.05) is 19.8 Å². The van der Waals surface area contributed by atoms with Crippen LogP contribution >= 0.6 is 0 Å². The number of hydrogen-bond acceptors (Lipinski definition) is 5. The average Bonchev–Trinajstić information content (AvgIpc) is 3.25. The maximum absolute atomic E-state index is 12.6. The first-order chi connectivity index (χ1) is 29.6. The van der Waals surface area contributed by atoms with Crippen molar-refractivity contribution in [3.63, 3.8) is 0 Å². The largest absolute Gasteiger partial charge is 0.462 e. The van der Waals surface area contributed by atoms with Gasteiger partial charge in [0.25, 0.3) is 0 Å². The van der Waals surface area contributed by atoms with Crippen LogP contribution in [0.25, 0.3) is 0 Å². The third-order valence-corrected chi connectivity index (χ3v) is 9.18. The Hall–Kier alpha value is -3.96. The summed E-state index contributed by atoms with van der Waals surface area (Å²) in [4.78, 5) is 25.1. The molecule has 0 N–H and O–H groups in total. The molecule has 0 aromatic heterocycles.